The van der Waals surface area contributed by atoms with Gasteiger partial charge in [-0.25, -0.2) is 0 Å². The van der Waals surface area contributed by atoms with E-state index >= 15 is 0 Å². The second-order valence-electron chi connectivity index (χ2n) is 7.83. The lowest BCUT2D eigenvalue weighted by Crippen LogP contribution is -2.73. The quantitative estimate of drug-likeness (QED) is 0.844. The van der Waals surface area contributed by atoms with E-state index in [2.05, 4.69) is 10.3 Å². The van der Waals surface area contributed by atoms with Gasteiger partial charge >= 0.3 is 0 Å². The standard InChI is InChI=1S/C19H26N4O3/c1-22-11-19(12-23(13-19)18(25)15-5-2-6-15)26-10-16(22)17(24)21-9-14-4-3-7-20-8-14/h3-4,7-8,15-16H,2,5-6,9-13H2,1H3,(H,21,24). The first kappa shape index (κ1) is 17.4. The van der Waals surface area contributed by atoms with Gasteiger partial charge in [-0.2, -0.15) is 0 Å². The number of aromatic nitrogens is 1. The first-order valence-corrected chi connectivity index (χ1v) is 9.36. The minimum absolute atomic E-state index is 0.0343. The van der Waals surface area contributed by atoms with Crippen LogP contribution in [0, 0.1) is 5.92 Å². The number of nitrogens with one attached hydrogen (secondary N) is 1. The van der Waals surface area contributed by atoms with Gasteiger partial charge in [-0.15, -0.1) is 0 Å². The van der Waals surface area contributed by atoms with E-state index in [4.69, 9.17) is 4.74 Å². The summed E-state index contributed by atoms with van der Waals surface area (Å²) in [6.07, 6.45) is 6.69. The number of hydrogen-bond donors (Lipinski definition) is 1. The molecule has 7 nitrogen and oxygen atoms in total. The third-order valence-electron chi connectivity index (χ3n) is 5.83. The number of nitrogens with zero attached hydrogens (tertiary/aromatic N) is 3. The van der Waals surface area contributed by atoms with E-state index in [9.17, 15) is 9.59 Å². The van der Waals surface area contributed by atoms with E-state index in [0.29, 0.717) is 32.8 Å². The molecule has 1 aliphatic carbocycles. The van der Waals surface area contributed by atoms with Crippen molar-refractivity contribution in [2.45, 2.75) is 37.5 Å². The molecule has 1 spiro atoms. The number of amides is 2. The number of ether oxygens (including phenoxy) is 1. The van der Waals surface area contributed by atoms with Crippen molar-refractivity contribution in [1.29, 1.82) is 0 Å². The largest absolute Gasteiger partial charge is 0.368 e. The summed E-state index contributed by atoms with van der Waals surface area (Å²) in [5.41, 5.74) is 0.676. The maximum absolute atomic E-state index is 12.5. The van der Waals surface area contributed by atoms with E-state index in [1.165, 1.54) is 6.42 Å². The van der Waals surface area contributed by atoms with Crippen LogP contribution < -0.4 is 5.32 Å². The highest BCUT2D eigenvalue weighted by Gasteiger charge is 2.52. The maximum Gasteiger partial charge on any atom is 0.240 e. The SMILES string of the molecule is CN1CC2(CN(C(=O)C3CCC3)C2)OCC1C(=O)NCc1cccnc1. The Bertz CT molecular complexity index is 671. The molecule has 1 saturated carbocycles. The fourth-order valence-electron chi connectivity index (χ4n) is 3.99. The van der Waals surface area contributed by atoms with Gasteiger partial charge in [0.2, 0.25) is 11.8 Å². The van der Waals surface area contributed by atoms with Gasteiger partial charge < -0.3 is 15.0 Å². The molecule has 7 heteroatoms. The first-order chi connectivity index (χ1) is 12.6. The van der Waals surface area contributed by atoms with Gasteiger partial charge in [0.15, 0.2) is 0 Å². The highest BCUT2D eigenvalue weighted by atomic mass is 16.5. The zero-order valence-electron chi connectivity index (χ0n) is 15.2. The molecule has 3 fully saturated rings. The lowest BCUT2D eigenvalue weighted by Gasteiger charge is -2.55. The first-order valence-electron chi connectivity index (χ1n) is 9.36. The van der Waals surface area contributed by atoms with E-state index in [0.717, 1.165) is 18.4 Å². The predicted molar refractivity (Wildman–Crippen MR) is 95.1 cm³/mol. The normalized spacial score (nSPS) is 25.4. The molecule has 1 atom stereocenters. The van der Waals surface area contributed by atoms with Crippen molar-refractivity contribution in [2.24, 2.45) is 5.92 Å². The average Bonchev–Trinajstić information content (AvgIpc) is 2.56. The van der Waals surface area contributed by atoms with Gasteiger partial charge in [-0.1, -0.05) is 12.5 Å². The van der Waals surface area contributed by atoms with Crippen molar-refractivity contribution in [3.8, 4) is 0 Å². The highest BCUT2D eigenvalue weighted by molar-refractivity contribution is 5.82. The summed E-state index contributed by atoms with van der Waals surface area (Å²) in [5.74, 6) is 0.483. The van der Waals surface area contributed by atoms with Crippen LogP contribution in [0.4, 0.5) is 0 Å². The third-order valence-corrected chi connectivity index (χ3v) is 5.83. The monoisotopic (exact) mass is 358 g/mol. The van der Waals surface area contributed by atoms with Crippen LogP contribution in [0.2, 0.25) is 0 Å². The molecule has 140 valence electrons. The summed E-state index contributed by atoms with van der Waals surface area (Å²) >= 11 is 0. The van der Waals surface area contributed by atoms with Crippen LogP contribution in [-0.4, -0.2) is 71.5 Å². The third kappa shape index (κ3) is 3.33. The van der Waals surface area contributed by atoms with Crippen LogP contribution in [0.5, 0.6) is 0 Å². The summed E-state index contributed by atoms with van der Waals surface area (Å²) in [6, 6.07) is 3.49. The Kier molecular flexibility index (Phi) is 4.67. The van der Waals surface area contributed by atoms with Gasteiger partial charge in [0.05, 0.1) is 19.7 Å². The van der Waals surface area contributed by atoms with Crippen LogP contribution in [-0.2, 0) is 20.9 Å². The molecule has 1 aromatic rings. The second kappa shape index (κ2) is 6.96. The number of rotatable bonds is 4. The molecule has 1 unspecified atom stereocenters. The van der Waals surface area contributed by atoms with Crippen molar-refractivity contribution in [2.75, 3.05) is 33.3 Å². The lowest BCUT2D eigenvalue weighted by molar-refractivity contribution is -0.204. The smallest absolute Gasteiger partial charge is 0.240 e. The maximum atomic E-state index is 12.5. The molecular formula is C19H26N4O3. The molecule has 3 heterocycles. The fourth-order valence-corrected chi connectivity index (χ4v) is 3.99. The van der Waals surface area contributed by atoms with E-state index in [1.807, 2.05) is 29.0 Å². The van der Waals surface area contributed by atoms with Crippen molar-refractivity contribution >= 4 is 11.8 Å². The average molecular weight is 358 g/mol. The Balaban J connectivity index is 1.26. The molecule has 2 amide bonds. The van der Waals surface area contributed by atoms with Gasteiger partial charge in [0, 0.05) is 31.4 Å². The summed E-state index contributed by atoms with van der Waals surface area (Å²) in [5, 5.41) is 2.95. The topological polar surface area (TPSA) is 74.8 Å². The molecule has 1 N–H and O–H groups in total. The number of carbonyl (C=O) groups excluding carboxylic acids is 2. The zero-order chi connectivity index (χ0) is 18.1. The van der Waals surface area contributed by atoms with Crippen molar-refractivity contribution in [3.63, 3.8) is 0 Å². The number of likely N-dealkylation sites (N-methyl/N-ethyl adjacent to an activating group) is 1. The minimum atomic E-state index is -0.298. The Hall–Kier alpha value is -1.99. The van der Waals surface area contributed by atoms with Crippen molar-refractivity contribution < 1.29 is 14.3 Å². The molecule has 4 rings (SSSR count). The van der Waals surface area contributed by atoms with Gasteiger partial charge in [0.1, 0.15) is 11.6 Å². The Morgan fingerprint density at radius 3 is 2.77 bits per heavy atom. The Morgan fingerprint density at radius 2 is 2.15 bits per heavy atom. The van der Waals surface area contributed by atoms with Crippen molar-refractivity contribution in [1.82, 2.24) is 20.1 Å². The van der Waals surface area contributed by atoms with Gasteiger partial charge in [0.25, 0.3) is 0 Å². The minimum Gasteiger partial charge on any atom is -0.368 e. The van der Waals surface area contributed by atoms with E-state index in [-0.39, 0.29) is 29.4 Å². The van der Waals surface area contributed by atoms with E-state index in [1.54, 1.807) is 12.4 Å². The number of carbonyl (C=O) groups is 2. The molecule has 3 aliphatic rings. The molecule has 0 bridgehead atoms. The van der Waals surface area contributed by atoms with Crippen LogP contribution in [0.3, 0.4) is 0 Å². The number of morpholine rings is 1. The van der Waals surface area contributed by atoms with Crippen LogP contribution in [0.15, 0.2) is 24.5 Å². The highest BCUT2D eigenvalue weighted by Crippen LogP contribution is 2.35. The molecule has 1 aromatic heterocycles. The van der Waals surface area contributed by atoms with Crippen molar-refractivity contribution in [3.05, 3.63) is 30.1 Å². The Labute approximate surface area is 153 Å². The summed E-state index contributed by atoms with van der Waals surface area (Å²) < 4.78 is 6.06. The predicted octanol–water partition coefficient (Wildman–Crippen LogP) is 0.410. The van der Waals surface area contributed by atoms with Crippen LogP contribution in [0.1, 0.15) is 24.8 Å². The summed E-state index contributed by atoms with van der Waals surface area (Å²) in [6.45, 7) is 2.80. The number of hydrogen-bond acceptors (Lipinski definition) is 5. The van der Waals surface area contributed by atoms with Crippen LogP contribution in [0.25, 0.3) is 0 Å². The molecule has 0 aromatic carbocycles. The van der Waals surface area contributed by atoms with E-state index < -0.39 is 0 Å². The number of likely N-dealkylation sites (tertiary alicyclic amines) is 1. The van der Waals surface area contributed by atoms with Gasteiger partial charge in [-0.3, -0.25) is 19.5 Å². The molecule has 2 aliphatic heterocycles. The summed E-state index contributed by atoms with van der Waals surface area (Å²) in [7, 11) is 1.95. The molecular weight excluding hydrogens is 332 g/mol. The lowest BCUT2D eigenvalue weighted by atomic mass is 9.81. The fraction of sp³-hybridized carbons (Fsp3) is 0.632. The molecule has 2 saturated heterocycles. The molecule has 26 heavy (non-hydrogen) atoms. The molecule has 0 radical (unpaired) electrons. The zero-order valence-corrected chi connectivity index (χ0v) is 15.2. The summed E-state index contributed by atoms with van der Waals surface area (Å²) in [4.78, 5) is 32.8. The second-order valence-corrected chi connectivity index (χ2v) is 7.83. The number of pyridine rings is 1. The Morgan fingerprint density at radius 1 is 1.35 bits per heavy atom. The van der Waals surface area contributed by atoms with Gasteiger partial charge in [-0.05, 0) is 31.5 Å². The van der Waals surface area contributed by atoms with Crippen LogP contribution >= 0.6 is 0 Å².